The molecule has 0 atom stereocenters. The molecule has 2 heterocycles. The van der Waals surface area contributed by atoms with Crippen molar-refractivity contribution in [2.24, 2.45) is 0 Å². The second-order valence-electron chi connectivity index (χ2n) is 4.85. The number of hydrogen-bond donors (Lipinski definition) is 1. The standard InChI is InChI=1S/C12H14BrN3S/c1-12(2,3)11-15-8(6-9(14)16-11)10-7(13)4-5-17-10/h4-6H,1-3H3,(H2,14,15,16). The van der Waals surface area contributed by atoms with Gasteiger partial charge >= 0.3 is 0 Å². The first-order chi connectivity index (χ1) is 7.88. The predicted octanol–water partition coefficient (Wildman–Crippen LogP) is 3.85. The van der Waals surface area contributed by atoms with Gasteiger partial charge in [-0.15, -0.1) is 11.3 Å². The van der Waals surface area contributed by atoms with Gasteiger partial charge in [0, 0.05) is 16.0 Å². The average molecular weight is 312 g/mol. The van der Waals surface area contributed by atoms with Crippen molar-refractivity contribution in [1.82, 2.24) is 9.97 Å². The van der Waals surface area contributed by atoms with Gasteiger partial charge in [0.2, 0.25) is 0 Å². The summed E-state index contributed by atoms with van der Waals surface area (Å²) in [6.45, 7) is 6.24. The van der Waals surface area contributed by atoms with Crippen LogP contribution in [0.3, 0.4) is 0 Å². The summed E-state index contributed by atoms with van der Waals surface area (Å²) >= 11 is 5.15. The van der Waals surface area contributed by atoms with E-state index in [2.05, 4.69) is 46.7 Å². The van der Waals surface area contributed by atoms with Gasteiger partial charge in [0.1, 0.15) is 11.6 Å². The Kier molecular flexibility index (Phi) is 3.23. The molecule has 0 fully saturated rings. The number of nitrogens with zero attached hydrogens (tertiary/aromatic N) is 2. The lowest BCUT2D eigenvalue weighted by molar-refractivity contribution is 0.547. The Labute approximate surface area is 113 Å². The predicted molar refractivity (Wildman–Crippen MR) is 76.2 cm³/mol. The van der Waals surface area contributed by atoms with Crippen LogP contribution in [0.2, 0.25) is 0 Å². The summed E-state index contributed by atoms with van der Waals surface area (Å²) in [6.07, 6.45) is 0. The van der Waals surface area contributed by atoms with Crippen LogP contribution in [0, 0.1) is 0 Å². The van der Waals surface area contributed by atoms with Gasteiger partial charge in [-0.2, -0.15) is 0 Å². The zero-order valence-corrected chi connectivity index (χ0v) is 12.4. The molecule has 0 saturated carbocycles. The Morgan fingerprint density at radius 1 is 1.29 bits per heavy atom. The largest absolute Gasteiger partial charge is 0.384 e. The normalized spacial score (nSPS) is 11.8. The lowest BCUT2D eigenvalue weighted by atomic mass is 9.95. The molecule has 0 aliphatic carbocycles. The monoisotopic (exact) mass is 311 g/mol. The molecule has 90 valence electrons. The molecule has 0 aromatic carbocycles. The minimum Gasteiger partial charge on any atom is -0.384 e. The summed E-state index contributed by atoms with van der Waals surface area (Å²) < 4.78 is 1.04. The van der Waals surface area contributed by atoms with Gasteiger partial charge in [-0.1, -0.05) is 20.8 Å². The van der Waals surface area contributed by atoms with Gasteiger partial charge in [0.15, 0.2) is 0 Å². The Hall–Kier alpha value is -0.940. The van der Waals surface area contributed by atoms with Crippen molar-refractivity contribution in [2.75, 3.05) is 5.73 Å². The molecule has 3 nitrogen and oxygen atoms in total. The molecule has 0 saturated heterocycles. The first kappa shape index (κ1) is 12.5. The van der Waals surface area contributed by atoms with Gasteiger partial charge in [-0.25, -0.2) is 9.97 Å². The maximum absolute atomic E-state index is 5.85. The van der Waals surface area contributed by atoms with Crippen LogP contribution in [-0.4, -0.2) is 9.97 Å². The molecule has 0 unspecified atom stereocenters. The average Bonchev–Trinajstić information content (AvgIpc) is 2.62. The zero-order chi connectivity index (χ0) is 12.6. The third kappa shape index (κ3) is 2.66. The van der Waals surface area contributed by atoms with Crippen LogP contribution in [-0.2, 0) is 5.41 Å². The maximum Gasteiger partial charge on any atom is 0.136 e. The van der Waals surface area contributed by atoms with Crippen molar-refractivity contribution in [3.05, 3.63) is 27.8 Å². The summed E-state index contributed by atoms with van der Waals surface area (Å²) in [4.78, 5) is 9.99. The van der Waals surface area contributed by atoms with Gasteiger partial charge in [0.05, 0.1) is 10.6 Å². The summed E-state index contributed by atoms with van der Waals surface area (Å²) in [5, 5.41) is 2.02. The highest BCUT2D eigenvalue weighted by Gasteiger charge is 2.19. The Morgan fingerprint density at radius 2 is 2.00 bits per heavy atom. The van der Waals surface area contributed by atoms with Crippen molar-refractivity contribution >= 4 is 33.1 Å². The Balaban J connectivity index is 2.57. The molecular formula is C12H14BrN3S. The van der Waals surface area contributed by atoms with Gasteiger partial charge in [0.25, 0.3) is 0 Å². The van der Waals surface area contributed by atoms with Crippen LogP contribution in [0.1, 0.15) is 26.6 Å². The van der Waals surface area contributed by atoms with E-state index in [0.29, 0.717) is 5.82 Å². The second kappa shape index (κ2) is 4.38. The number of nitrogen functional groups attached to an aromatic ring is 1. The molecule has 17 heavy (non-hydrogen) atoms. The molecule has 0 amide bonds. The highest BCUT2D eigenvalue weighted by Crippen LogP contribution is 2.33. The van der Waals surface area contributed by atoms with Crippen LogP contribution in [0.15, 0.2) is 22.0 Å². The number of anilines is 1. The van der Waals surface area contributed by atoms with E-state index in [4.69, 9.17) is 5.73 Å². The SMILES string of the molecule is CC(C)(C)c1nc(N)cc(-c2sccc2Br)n1. The molecule has 5 heteroatoms. The van der Waals surface area contributed by atoms with Crippen LogP contribution >= 0.6 is 27.3 Å². The fourth-order valence-corrected chi connectivity index (χ4v) is 2.93. The van der Waals surface area contributed by atoms with Gasteiger partial charge < -0.3 is 5.73 Å². The van der Waals surface area contributed by atoms with Gasteiger partial charge in [-0.3, -0.25) is 0 Å². The third-order valence-corrected chi connectivity index (χ3v) is 4.13. The second-order valence-corrected chi connectivity index (χ2v) is 6.62. The minimum absolute atomic E-state index is 0.103. The first-order valence-electron chi connectivity index (χ1n) is 5.26. The van der Waals surface area contributed by atoms with Crippen LogP contribution in [0.4, 0.5) is 5.82 Å². The summed E-state index contributed by atoms with van der Waals surface area (Å²) in [6, 6.07) is 3.82. The molecule has 0 bridgehead atoms. The Bertz CT molecular complexity index is 543. The zero-order valence-electron chi connectivity index (χ0n) is 9.99. The summed E-state index contributed by atoms with van der Waals surface area (Å²) in [7, 11) is 0. The third-order valence-electron chi connectivity index (χ3n) is 2.27. The van der Waals surface area contributed by atoms with Crippen molar-refractivity contribution in [1.29, 1.82) is 0 Å². The smallest absolute Gasteiger partial charge is 0.136 e. The van der Waals surface area contributed by atoms with E-state index in [0.717, 1.165) is 20.9 Å². The lowest BCUT2D eigenvalue weighted by Gasteiger charge is -2.17. The van der Waals surface area contributed by atoms with E-state index in [9.17, 15) is 0 Å². The van der Waals surface area contributed by atoms with E-state index in [-0.39, 0.29) is 5.41 Å². The van der Waals surface area contributed by atoms with Crippen molar-refractivity contribution in [3.8, 4) is 10.6 Å². The van der Waals surface area contributed by atoms with Crippen LogP contribution in [0.5, 0.6) is 0 Å². The number of hydrogen-bond acceptors (Lipinski definition) is 4. The van der Waals surface area contributed by atoms with E-state index >= 15 is 0 Å². The fourth-order valence-electron chi connectivity index (χ4n) is 1.39. The number of thiophene rings is 1. The Morgan fingerprint density at radius 3 is 2.53 bits per heavy atom. The summed E-state index contributed by atoms with van der Waals surface area (Å²) in [5.41, 5.74) is 6.63. The number of nitrogens with two attached hydrogens (primary N) is 1. The number of halogens is 1. The topological polar surface area (TPSA) is 51.8 Å². The molecule has 0 aliphatic rings. The highest BCUT2D eigenvalue weighted by atomic mass is 79.9. The van der Waals surface area contributed by atoms with E-state index in [1.54, 1.807) is 11.3 Å². The molecule has 2 aromatic heterocycles. The molecule has 0 radical (unpaired) electrons. The first-order valence-corrected chi connectivity index (χ1v) is 6.93. The summed E-state index contributed by atoms with van der Waals surface area (Å²) in [5.74, 6) is 1.29. The van der Waals surface area contributed by atoms with Crippen molar-refractivity contribution < 1.29 is 0 Å². The van der Waals surface area contributed by atoms with Crippen molar-refractivity contribution in [3.63, 3.8) is 0 Å². The molecule has 2 rings (SSSR count). The minimum atomic E-state index is -0.103. The molecule has 2 N–H and O–H groups in total. The van der Waals surface area contributed by atoms with E-state index < -0.39 is 0 Å². The van der Waals surface area contributed by atoms with E-state index in [1.807, 2.05) is 17.5 Å². The molecule has 0 aliphatic heterocycles. The number of rotatable bonds is 1. The van der Waals surface area contributed by atoms with Gasteiger partial charge in [-0.05, 0) is 27.4 Å². The van der Waals surface area contributed by atoms with Crippen LogP contribution in [0.25, 0.3) is 10.6 Å². The lowest BCUT2D eigenvalue weighted by Crippen LogP contribution is -2.17. The maximum atomic E-state index is 5.85. The van der Waals surface area contributed by atoms with Crippen molar-refractivity contribution in [2.45, 2.75) is 26.2 Å². The quantitative estimate of drug-likeness (QED) is 0.870. The highest BCUT2D eigenvalue weighted by molar-refractivity contribution is 9.10. The van der Waals surface area contributed by atoms with Crippen LogP contribution < -0.4 is 5.73 Å². The molecule has 2 aromatic rings. The van der Waals surface area contributed by atoms with E-state index in [1.165, 1.54) is 0 Å². The molecular weight excluding hydrogens is 298 g/mol. The molecule has 0 spiro atoms. The fraction of sp³-hybridized carbons (Fsp3) is 0.333. The number of aromatic nitrogens is 2.